The number of anilines is 1. The van der Waals surface area contributed by atoms with Crippen LogP contribution >= 0.6 is 0 Å². The number of aromatic nitrogens is 1. The third kappa shape index (κ3) is 3.81. The number of piperazine rings is 1. The second-order valence-electron chi connectivity index (χ2n) is 8.38. The quantitative estimate of drug-likeness (QED) is 0.697. The molecule has 1 aromatic heterocycles. The number of imide groups is 1. The number of halogens is 1. The molecular weight excluding hydrogens is 429 g/mol. The van der Waals surface area contributed by atoms with Crippen LogP contribution in [0.2, 0.25) is 0 Å². The van der Waals surface area contributed by atoms with Crippen LogP contribution in [0.4, 0.5) is 10.1 Å². The maximum absolute atomic E-state index is 15.0. The molecule has 1 aromatic carbocycles. The van der Waals surface area contributed by atoms with Crippen molar-refractivity contribution in [2.75, 3.05) is 31.1 Å². The van der Waals surface area contributed by atoms with Crippen LogP contribution in [0.3, 0.4) is 0 Å². The molecule has 1 unspecified atom stereocenters. The molecule has 0 radical (unpaired) electrons. The molecule has 0 saturated carbocycles. The Balaban J connectivity index is 1.29. The fourth-order valence-electron chi connectivity index (χ4n) is 4.65. The second kappa shape index (κ2) is 8.27. The molecule has 1 N–H and O–H groups in total. The molecule has 4 heterocycles. The molecule has 2 aromatic rings. The van der Waals surface area contributed by atoms with E-state index in [-0.39, 0.29) is 36.8 Å². The van der Waals surface area contributed by atoms with E-state index in [1.54, 1.807) is 35.5 Å². The van der Waals surface area contributed by atoms with Crippen LogP contribution in [0.15, 0.2) is 36.7 Å². The van der Waals surface area contributed by atoms with Gasteiger partial charge in [0.2, 0.25) is 11.8 Å². The van der Waals surface area contributed by atoms with Crippen molar-refractivity contribution in [3.63, 3.8) is 0 Å². The van der Waals surface area contributed by atoms with E-state index >= 15 is 0 Å². The lowest BCUT2D eigenvalue weighted by Gasteiger charge is -2.36. The fraction of sp³-hybridized carbons (Fsp3) is 0.348. The molecule has 2 fully saturated rings. The predicted octanol–water partition coefficient (Wildman–Crippen LogP) is 0.944. The summed E-state index contributed by atoms with van der Waals surface area (Å²) in [4.78, 5) is 58.1. The van der Waals surface area contributed by atoms with Gasteiger partial charge in [0.25, 0.3) is 11.8 Å². The molecule has 1 atom stereocenters. The van der Waals surface area contributed by atoms with E-state index in [9.17, 15) is 23.6 Å². The number of rotatable bonds is 3. The first-order valence-corrected chi connectivity index (χ1v) is 10.8. The molecule has 0 bridgehead atoms. The molecule has 10 heteroatoms. The van der Waals surface area contributed by atoms with Crippen molar-refractivity contribution in [1.29, 1.82) is 0 Å². The van der Waals surface area contributed by atoms with E-state index in [0.29, 0.717) is 43.0 Å². The van der Waals surface area contributed by atoms with Crippen molar-refractivity contribution < 1.29 is 23.6 Å². The molecule has 3 aliphatic rings. The van der Waals surface area contributed by atoms with Crippen LogP contribution in [0, 0.1) is 5.82 Å². The number of piperidine rings is 1. The number of nitrogens with one attached hydrogen (secondary N) is 1. The van der Waals surface area contributed by atoms with Crippen molar-refractivity contribution in [2.45, 2.75) is 25.4 Å². The van der Waals surface area contributed by atoms with E-state index in [1.165, 1.54) is 11.0 Å². The van der Waals surface area contributed by atoms with Crippen LogP contribution < -0.4 is 10.2 Å². The van der Waals surface area contributed by atoms with Crippen LogP contribution in [0.25, 0.3) is 0 Å². The van der Waals surface area contributed by atoms with Gasteiger partial charge in [-0.3, -0.25) is 29.5 Å². The molecule has 170 valence electrons. The standard InChI is InChI=1S/C23H22FN5O4/c24-17-12-16-15(13-29(23(16)33)18-1-2-20(30)26-21(18)31)11-19(17)27-7-9-28(10-8-27)22(32)14-3-5-25-6-4-14/h3-6,11-12,18H,1-2,7-10,13H2,(H,26,30,31). The molecule has 33 heavy (non-hydrogen) atoms. The maximum Gasteiger partial charge on any atom is 0.255 e. The lowest BCUT2D eigenvalue weighted by atomic mass is 10.0. The number of hydrogen-bond acceptors (Lipinski definition) is 6. The van der Waals surface area contributed by atoms with E-state index in [0.717, 1.165) is 0 Å². The Bertz CT molecular complexity index is 1150. The first kappa shape index (κ1) is 21.0. The zero-order chi connectivity index (χ0) is 23.1. The van der Waals surface area contributed by atoms with Gasteiger partial charge in [-0.1, -0.05) is 0 Å². The molecular formula is C23H22FN5O4. The number of benzene rings is 1. The van der Waals surface area contributed by atoms with Crippen molar-refractivity contribution >= 4 is 29.3 Å². The van der Waals surface area contributed by atoms with Crippen molar-refractivity contribution in [3.05, 3.63) is 59.2 Å². The highest BCUT2D eigenvalue weighted by molar-refractivity contribution is 6.05. The van der Waals surface area contributed by atoms with Gasteiger partial charge in [0, 0.05) is 62.7 Å². The number of hydrogen-bond donors (Lipinski definition) is 1. The Labute approximate surface area is 189 Å². The van der Waals surface area contributed by atoms with Crippen molar-refractivity contribution in [1.82, 2.24) is 20.1 Å². The fourth-order valence-corrected chi connectivity index (χ4v) is 4.65. The Kier molecular flexibility index (Phi) is 5.27. The number of carbonyl (C=O) groups excluding carboxylic acids is 4. The predicted molar refractivity (Wildman–Crippen MR) is 115 cm³/mol. The average Bonchev–Trinajstić information content (AvgIpc) is 3.14. The molecule has 9 nitrogen and oxygen atoms in total. The Morgan fingerprint density at radius 3 is 2.48 bits per heavy atom. The molecule has 4 amide bonds. The number of pyridine rings is 1. The van der Waals surface area contributed by atoms with Gasteiger partial charge in [-0.25, -0.2) is 4.39 Å². The van der Waals surface area contributed by atoms with Gasteiger partial charge in [-0.05, 0) is 36.2 Å². The summed E-state index contributed by atoms with van der Waals surface area (Å²) in [6, 6.07) is 5.49. The summed E-state index contributed by atoms with van der Waals surface area (Å²) in [5.41, 5.74) is 1.83. The van der Waals surface area contributed by atoms with E-state index in [2.05, 4.69) is 10.3 Å². The maximum atomic E-state index is 15.0. The third-order valence-corrected chi connectivity index (χ3v) is 6.43. The molecule has 0 aliphatic carbocycles. The van der Waals surface area contributed by atoms with Crippen molar-refractivity contribution in [2.24, 2.45) is 0 Å². The molecule has 2 saturated heterocycles. The minimum atomic E-state index is -0.739. The number of carbonyl (C=O) groups is 4. The molecule has 3 aliphatic heterocycles. The average molecular weight is 451 g/mol. The van der Waals surface area contributed by atoms with Gasteiger partial charge in [0.1, 0.15) is 11.9 Å². The summed E-state index contributed by atoms with van der Waals surface area (Å²) in [7, 11) is 0. The zero-order valence-corrected chi connectivity index (χ0v) is 17.8. The smallest absolute Gasteiger partial charge is 0.255 e. The largest absolute Gasteiger partial charge is 0.366 e. The van der Waals surface area contributed by atoms with E-state index in [4.69, 9.17) is 0 Å². The van der Waals surface area contributed by atoms with E-state index in [1.807, 2.05) is 4.90 Å². The van der Waals surface area contributed by atoms with Crippen LogP contribution in [0.5, 0.6) is 0 Å². The first-order valence-electron chi connectivity index (χ1n) is 10.8. The van der Waals surface area contributed by atoms with Gasteiger partial charge in [0.05, 0.1) is 5.69 Å². The molecule has 0 spiro atoms. The van der Waals surface area contributed by atoms with E-state index < -0.39 is 23.7 Å². The zero-order valence-electron chi connectivity index (χ0n) is 17.8. The van der Waals surface area contributed by atoms with Gasteiger partial charge in [-0.15, -0.1) is 0 Å². The highest BCUT2D eigenvalue weighted by atomic mass is 19.1. The Morgan fingerprint density at radius 1 is 1.06 bits per heavy atom. The highest BCUT2D eigenvalue weighted by Gasteiger charge is 2.40. The summed E-state index contributed by atoms with van der Waals surface area (Å²) in [5, 5.41) is 2.26. The Hall–Kier alpha value is -3.82. The highest BCUT2D eigenvalue weighted by Crippen LogP contribution is 2.33. The lowest BCUT2D eigenvalue weighted by Crippen LogP contribution is -2.52. The Morgan fingerprint density at radius 2 is 1.79 bits per heavy atom. The van der Waals surface area contributed by atoms with Gasteiger partial charge >= 0.3 is 0 Å². The normalized spacial score (nSPS) is 20.7. The topological polar surface area (TPSA) is 103 Å². The minimum Gasteiger partial charge on any atom is -0.366 e. The summed E-state index contributed by atoms with van der Waals surface area (Å²) in [6.45, 7) is 1.99. The first-order chi connectivity index (χ1) is 15.9. The lowest BCUT2D eigenvalue weighted by molar-refractivity contribution is -0.136. The third-order valence-electron chi connectivity index (χ3n) is 6.43. The van der Waals surface area contributed by atoms with Gasteiger partial charge in [-0.2, -0.15) is 0 Å². The van der Waals surface area contributed by atoms with Crippen LogP contribution in [-0.2, 0) is 16.1 Å². The molecule has 5 rings (SSSR count). The minimum absolute atomic E-state index is 0.0862. The summed E-state index contributed by atoms with van der Waals surface area (Å²) in [6.07, 6.45) is 3.57. The monoisotopic (exact) mass is 451 g/mol. The SMILES string of the molecule is O=C1CCC(N2Cc3cc(N4CCN(C(=O)c5ccncc5)CC4)c(F)cc3C2=O)C(=O)N1. The van der Waals surface area contributed by atoms with Crippen molar-refractivity contribution in [3.8, 4) is 0 Å². The summed E-state index contributed by atoms with van der Waals surface area (Å²) >= 11 is 0. The second-order valence-corrected chi connectivity index (χ2v) is 8.38. The summed E-state index contributed by atoms with van der Waals surface area (Å²) < 4.78 is 15.0. The summed E-state index contributed by atoms with van der Waals surface area (Å²) in [5.74, 6) is -1.85. The number of amides is 4. The van der Waals surface area contributed by atoms with Gasteiger partial charge in [0.15, 0.2) is 0 Å². The van der Waals surface area contributed by atoms with Crippen LogP contribution in [0.1, 0.15) is 39.1 Å². The van der Waals surface area contributed by atoms with Gasteiger partial charge < -0.3 is 14.7 Å². The number of fused-ring (bicyclic) bond motifs is 1. The van der Waals surface area contributed by atoms with Crippen LogP contribution in [-0.4, -0.2) is 70.6 Å². The number of nitrogens with zero attached hydrogens (tertiary/aromatic N) is 4.